The van der Waals surface area contributed by atoms with Crippen LogP contribution in [0, 0.1) is 13.8 Å². The van der Waals surface area contributed by atoms with E-state index in [1.54, 1.807) is 0 Å². The highest BCUT2D eigenvalue weighted by atomic mass is 35.5. The number of nitrogens with two attached hydrogens (primary N) is 1. The number of hydrogen-bond donors (Lipinski definition) is 2. The predicted octanol–water partition coefficient (Wildman–Crippen LogP) is 2.38. The van der Waals surface area contributed by atoms with E-state index in [0.717, 1.165) is 11.3 Å². The molecule has 2 rings (SSSR count). The number of halogens is 1. The van der Waals surface area contributed by atoms with Crippen LogP contribution in [0.5, 0.6) is 0 Å². The summed E-state index contributed by atoms with van der Waals surface area (Å²) >= 11 is 0. The Kier molecular flexibility index (Phi) is 5.60. The first-order chi connectivity index (χ1) is 8.61. The lowest BCUT2D eigenvalue weighted by Crippen LogP contribution is -2.26. The molecule has 0 saturated carbocycles. The van der Waals surface area contributed by atoms with Gasteiger partial charge in [0.2, 0.25) is 0 Å². The molecule has 1 heterocycles. The van der Waals surface area contributed by atoms with Crippen LogP contribution in [0.25, 0.3) is 5.69 Å². The summed E-state index contributed by atoms with van der Waals surface area (Å²) in [5.74, 6) is 0. The molecule has 0 aliphatic carbocycles. The van der Waals surface area contributed by atoms with Gasteiger partial charge in [-0.2, -0.15) is 0 Å². The molecule has 1 aromatic carbocycles. The zero-order valence-corrected chi connectivity index (χ0v) is 12.2. The molecule has 0 bridgehead atoms. The summed E-state index contributed by atoms with van der Waals surface area (Å²) in [6, 6.07) is 12.4. The van der Waals surface area contributed by atoms with Crippen molar-refractivity contribution < 1.29 is 5.11 Å². The fourth-order valence-corrected chi connectivity index (χ4v) is 2.22. The quantitative estimate of drug-likeness (QED) is 0.903. The van der Waals surface area contributed by atoms with E-state index in [2.05, 4.69) is 54.8 Å². The van der Waals surface area contributed by atoms with Crippen molar-refractivity contribution in [3.63, 3.8) is 0 Å². The van der Waals surface area contributed by atoms with Crippen molar-refractivity contribution in [2.75, 3.05) is 6.61 Å². The number of aryl methyl sites for hydroxylation is 2. The normalized spacial score (nSPS) is 12.0. The Labute approximate surface area is 120 Å². The van der Waals surface area contributed by atoms with Gasteiger partial charge in [0.25, 0.3) is 0 Å². The van der Waals surface area contributed by atoms with Crippen LogP contribution in [0.1, 0.15) is 17.0 Å². The molecule has 0 aliphatic rings. The predicted molar refractivity (Wildman–Crippen MR) is 81.3 cm³/mol. The largest absolute Gasteiger partial charge is 0.395 e. The maximum atomic E-state index is 8.94. The molecular formula is C15H21ClN2O. The molecule has 0 spiro atoms. The molecular weight excluding hydrogens is 260 g/mol. The standard InChI is InChI=1S/C15H20N2O.ClH/c1-11-3-4-12(2)17(11)15-7-5-13(6-8-15)9-14(16)10-18;/h3-8,14,18H,9-10,16H2,1-2H3;1H. The van der Waals surface area contributed by atoms with Crippen molar-refractivity contribution in [3.05, 3.63) is 53.3 Å². The topological polar surface area (TPSA) is 51.2 Å². The van der Waals surface area contributed by atoms with Gasteiger partial charge in [-0.15, -0.1) is 12.4 Å². The highest BCUT2D eigenvalue weighted by Gasteiger charge is 2.05. The molecule has 19 heavy (non-hydrogen) atoms. The first-order valence-corrected chi connectivity index (χ1v) is 6.22. The smallest absolute Gasteiger partial charge is 0.0585 e. The minimum atomic E-state index is -0.175. The summed E-state index contributed by atoms with van der Waals surface area (Å²) in [7, 11) is 0. The van der Waals surface area contributed by atoms with Gasteiger partial charge >= 0.3 is 0 Å². The van der Waals surface area contributed by atoms with E-state index in [0.29, 0.717) is 6.42 Å². The van der Waals surface area contributed by atoms with Crippen molar-refractivity contribution in [3.8, 4) is 5.69 Å². The van der Waals surface area contributed by atoms with Gasteiger partial charge in [0.1, 0.15) is 0 Å². The molecule has 1 aromatic heterocycles. The molecule has 0 fully saturated rings. The lowest BCUT2D eigenvalue weighted by atomic mass is 10.1. The first-order valence-electron chi connectivity index (χ1n) is 6.22. The highest BCUT2D eigenvalue weighted by molar-refractivity contribution is 5.85. The zero-order valence-electron chi connectivity index (χ0n) is 11.3. The van der Waals surface area contributed by atoms with Crippen LogP contribution in [0.2, 0.25) is 0 Å². The molecule has 1 unspecified atom stereocenters. The first kappa shape index (κ1) is 15.8. The Hall–Kier alpha value is -1.29. The maximum Gasteiger partial charge on any atom is 0.0585 e. The van der Waals surface area contributed by atoms with Crippen LogP contribution < -0.4 is 5.73 Å². The summed E-state index contributed by atoms with van der Waals surface area (Å²) < 4.78 is 2.22. The maximum absolute atomic E-state index is 8.94. The Bertz CT molecular complexity index is 500. The SMILES string of the molecule is Cc1ccc(C)n1-c1ccc(CC(N)CO)cc1.Cl. The van der Waals surface area contributed by atoms with Crippen LogP contribution in [0.15, 0.2) is 36.4 Å². The third-order valence-corrected chi connectivity index (χ3v) is 3.20. The number of aliphatic hydroxyl groups excluding tert-OH is 1. The second kappa shape index (κ2) is 6.75. The fourth-order valence-electron chi connectivity index (χ4n) is 2.22. The minimum Gasteiger partial charge on any atom is -0.395 e. The summed E-state index contributed by atoms with van der Waals surface area (Å²) in [6.45, 7) is 4.22. The molecule has 1 atom stereocenters. The van der Waals surface area contributed by atoms with Crippen LogP contribution in [0.3, 0.4) is 0 Å². The lowest BCUT2D eigenvalue weighted by molar-refractivity contribution is 0.265. The summed E-state index contributed by atoms with van der Waals surface area (Å²) in [4.78, 5) is 0. The summed E-state index contributed by atoms with van der Waals surface area (Å²) in [5.41, 5.74) is 10.5. The third-order valence-electron chi connectivity index (χ3n) is 3.20. The van der Waals surface area contributed by atoms with Gasteiger partial charge in [-0.25, -0.2) is 0 Å². The monoisotopic (exact) mass is 280 g/mol. The van der Waals surface area contributed by atoms with Gasteiger partial charge in [0.15, 0.2) is 0 Å². The van der Waals surface area contributed by atoms with Gasteiger partial charge < -0.3 is 15.4 Å². The number of aliphatic hydroxyl groups is 1. The average Bonchev–Trinajstić information content (AvgIpc) is 2.70. The van der Waals surface area contributed by atoms with E-state index in [-0.39, 0.29) is 25.1 Å². The van der Waals surface area contributed by atoms with Crippen molar-refractivity contribution >= 4 is 12.4 Å². The van der Waals surface area contributed by atoms with Crippen LogP contribution in [-0.4, -0.2) is 22.3 Å². The van der Waals surface area contributed by atoms with Crippen molar-refractivity contribution in [1.29, 1.82) is 0 Å². The molecule has 4 heteroatoms. The second-order valence-corrected chi connectivity index (χ2v) is 4.76. The third kappa shape index (κ3) is 3.60. The molecule has 104 valence electrons. The van der Waals surface area contributed by atoms with E-state index >= 15 is 0 Å². The summed E-state index contributed by atoms with van der Waals surface area (Å²) in [6.07, 6.45) is 0.709. The Morgan fingerprint density at radius 2 is 1.58 bits per heavy atom. The summed E-state index contributed by atoms with van der Waals surface area (Å²) in [5, 5.41) is 8.94. The highest BCUT2D eigenvalue weighted by Crippen LogP contribution is 2.17. The van der Waals surface area contributed by atoms with Gasteiger partial charge in [-0.05, 0) is 50.1 Å². The molecule has 2 aromatic rings. The molecule has 3 nitrogen and oxygen atoms in total. The van der Waals surface area contributed by atoms with E-state index < -0.39 is 0 Å². The van der Waals surface area contributed by atoms with Crippen molar-refractivity contribution in [2.45, 2.75) is 26.3 Å². The second-order valence-electron chi connectivity index (χ2n) is 4.76. The number of benzene rings is 1. The molecule has 0 aliphatic heterocycles. The van der Waals surface area contributed by atoms with Gasteiger partial charge in [-0.1, -0.05) is 12.1 Å². The van der Waals surface area contributed by atoms with Crippen LogP contribution in [0.4, 0.5) is 0 Å². The minimum absolute atomic E-state index is 0. The van der Waals surface area contributed by atoms with E-state index in [1.807, 2.05) is 0 Å². The van der Waals surface area contributed by atoms with E-state index in [1.165, 1.54) is 11.4 Å². The van der Waals surface area contributed by atoms with Crippen LogP contribution in [-0.2, 0) is 6.42 Å². The zero-order chi connectivity index (χ0) is 13.1. The lowest BCUT2D eigenvalue weighted by Gasteiger charge is -2.12. The molecule has 0 radical (unpaired) electrons. The van der Waals surface area contributed by atoms with Gasteiger partial charge in [-0.3, -0.25) is 0 Å². The number of hydrogen-bond acceptors (Lipinski definition) is 2. The van der Waals surface area contributed by atoms with Gasteiger partial charge in [0.05, 0.1) is 6.61 Å². The number of aromatic nitrogens is 1. The number of nitrogens with zero attached hydrogens (tertiary/aromatic N) is 1. The number of rotatable bonds is 4. The van der Waals surface area contributed by atoms with Crippen molar-refractivity contribution in [1.82, 2.24) is 4.57 Å². The molecule has 0 saturated heterocycles. The Morgan fingerprint density at radius 3 is 2.05 bits per heavy atom. The van der Waals surface area contributed by atoms with E-state index in [9.17, 15) is 0 Å². The van der Waals surface area contributed by atoms with Gasteiger partial charge in [0, 0.05) is 23.1 Å². The Morgan fingerprint density at radius 1 is 1.05 bits per heavy atom. The molecule has 3 N–H and O–H groups in total. The average molecular weight is 281 g/mol. The van der Waals surface area contributed by atoms with Crippen LogP contribution >= 0.6 is 12.4 Å². The fraction of sp³-hybridized carbons (Fsp3) is 0.333. The van der Waals surface area contributed by atoms with E-state index in [4.69, 9.17) is 10.8 Å². The molecule has 0 amide bonds. The Balaban J connectivity index is 0.00000180. The van der Waals surface area contributed by atoms with Crippen molar-refractivity contribution in [2.24, 2.45) is 5.73 Å².